The number of aromatic nitrogens is 5. The van der Waals surface area contributed by atoms with Crippen molar-refractivity contribution in [1.82, 2.24) is 25.2 Å². The third kappa shape index (κ3) is 2.17. The van der Waals surface area contributed by atoms with Crippen LogP contribution in [0.25, 0.3) is 0 Å². The zero-order valence-electron chi connectivity index (χ0n) is 10.4. The molecule has 2 aromatic heterocycles. The first-order valence-corrected chi connectivity index (χ1v) is 5.49. The Morgan fingerprint density at radius 1 is 1.53 bits per heavy atom. The summed E-state index contributed by atoms with van der Waals surface area (Å²) in [4.78, 5) is 23.7. The number of carbonyl (C=O) groups excluding carboxylic acids is 2. The first kappa shape index (κ1) is 12.7. The molecule has 0 atom stereocenters. The SMILES string of the molecule is CCOC(=O)c1c(C)nn(C(=O)c2cn[nH]n2)c1N. The van der Waals surface area contributed by atoms with Gasteiger partial charge in [0.1, 0.15) is 11.4 Å². The van der Waals surface area contributed by atoms with Gasteiger partial charge in [-0.15, -0.1) is 0 Å². The van der Waals surface area contributed by atoms with Crippen molar-refractivity contribution in [2.45, 2.75) is 13.8 Å². The molecule has 2 rings (SSSR count). The minimum absolute atomic E-state index is 0.0459. The summed E-state index contributed by atoms with van der Waals surface area (Å²) in [5.74, 6) is -1.27. The molecule has 3 N–H and O–H groups in total. The highest BCUT2D eigenvalue weighted by molar-refractivity contribution is 6.01. The second kappa shape index (κ2) is 4.88. The number of aryl methyl sites for hydroxylation is 1. The van der Waals surface area contributed by atoms with Crippen LogP contribution in [0.4, 0.5) is 5.82 Å². The van der Waals surface area contributed by atoms with E-state index in [-0.39, 0.29) is 23.7 Å². The average Bonchev–Trinajstić information content (AvgIpc) is 2.97. The van der Waals surface area contributed by atoms with E-state index in [9.17, 15) is 9.59 Å². The van der Waals surface area contributed by atoms with Crippen LogP contribution in [-0.2, 0) is 4.74 Å². The monoisotopic (exact) mass is 264 g/mol. The molecule has 2 aromatic rings. The fourth-order valence-corrected chi connectivity index (χ4v) is 1.57. The Bertz CT molecular complexity index is 615. The van der Waals surface area contributed by atoms with Gasteiger partial charge in [-0.05, 0) is 13.8 Å². The molecule has 0 fully saturated rings. The third-order valence-corrected chi connectivity index (χ3v) is 2.40. The van der Waals surface area contributed by atoms with Gasteiger partial charge in [-0.2, -0.15) is 25.2 Å². The summed E-state index contributed by atoms with van der Waals surface area (Å²) in [5, 5.41) is 13.4. The van der Waals surface area contributed by atoms with Crippen LogP contribution in [0.5, 0.6) is 0 Å². The van der Waals surface area contributed by atoms with Crippen molar-refractivity contribution in [3.05, 3.63) is 23.1 Å². The van der Waals surface area contributed by atoms with Crippen LogP contribution in [0.15, 0.2) is 6.20 Å². The van der Waals surface area contributed by atoms with E-state index in [1.54, 1.807) is 13.8 Å². The fourth-order valence-electron chi connectivity index (χ4n) is 1.57. The topological polar surface area (TPSA) is 129 Å². The second-order valence-corrected chi connectivity index (χ2v) is 3.64. The van der Waals surface area contributed by atoms with E-state index >= 15 is 0 Å². The van der Waals surface area contributed by atoms with Crippen molar-refractivity contribution in [1.29, 1.82) is 0 Å². The van der Waals surface area contributed by atoms with Gasteiger partial charge < -0.3 is 10.5 Å². The van der Waals surface area contributed by atoms with Gasteiger partial charge in [-0.3, -0.25) is 4.79 Å². The van der Waals surface area contributed by atoms with Crippen LogP contribution in [0.2, 0.25) is 0 Å². The lowest BCUT2D eigenvalue weighted by Crippen LogP contribution is -2.17. The standard InChI is InChI=1S/C10H12N6O3/c1-3-19-10(18)7-5(2)14-16(8(7)11)9(17)6-4-12-15-13-6/h4H,3,11H2,1-2H3,(H,12,13,15). The number of aromatic amines is 1. The normalized spacial score (nSPS) is 10.4. The van der Waals surface area contributed by atoms with E-state index in [1.165, 1.54) is 6.20 Å². The summed E-state index contributed by atoms with van der Waals surface area (Å²) in [6.07, 6.45) is 1.24. The molecule has 100 valence electrons. The molecule has 0 spiro atoms. The Hall–Kier alpha value is -2.71. The molecule has 0 aliphatic rings. The quantitative estimate of drug-likeness (QED) is 0.731. The molecule has 0 aliphatic carbocycles. The highest BCUT2D eigenvalue weighted by Crippen LogP contribution is 2.18. The van der Waals surface area contributed by atoms with Crippen molar-refractivity contribution >= 4 is 17.7 Å². The summed E-state index contributed by atoms with van der Waals surface area (Å²) in [7, 11) is 0. The molecule has 2 heterocycles. The van der Waals surface area contributed by atoms with Crippen molar-refractivity contribution in [3.8, 4) is 0 Å². The maximum absolute atomic E-state index is 12.0. The lowest BCUT2D eigenvalue weighted by Gasteiger charge is -2.02. The lowest BCUT2D eigenvalue weighted by atomic mass is 10.2. The van der Waals surface area contributed by atoms with Gasteiger partial charge in [0.15, 0.2) is 5.69 Å². The van der Waals surface area contributed by atoms with Crippen molar-refractivity contribution in [2.24, 2.45) is 0 Å². The number of nitrogen functional groups attached to an aromatic ring is 1. The molecule has 0 radical (unpaired) electrons. The molecule has 0 bridgehead atoms. The third-order valence-electron chi connectivity index (χ3n) is 2.40. The summed E-state index contributed by atoms with van der Waals surface area (Å²) in [6, 6.07) is 0. The molecule has 19 heavy (non-hydrogen) atoms. The second-order valence-electron chi connectivity index (χ2n) is 3.64. The number of ether oxygens (including phenoxy) is 1. The Morgan fingerprint density at radius 3 is 2.84 bits per heavy atom. The zero-order chi connectivity index (χ0) is 14.0. The van der Waals surface area contributed by atoms with E-state index in [0.717, 1.165) is 4.68 Å². The minimum atomic E-state index is -0.614. The molecule has 0 unspecified atom stereocenters. The van der Waals surface area contributed by atoms with Crippen LogP contribution < -0.4 is 5.73 Å². The molecular formula is C10H12N6O3. The first-order valence-electron chi connectivity index (χ1n) is 5.49. The Kier molecular flexibility index (Phi) is 3.27. The fraction of sp³-hybridized carbons (Fsp3) is 0.300. The molecule has 9 heteroatoms. The van der Waals surface area contributed by atoms with Crippen LogP contribution in [0.3, 0.4) is 0 Å². The number of nitrogens with two attached hydrogens (primary N) is 1. The zero-order valence-corrected chi connectivity index (χ0v) is 10.4. The van der Waals surface area contributed by atoms with Gasteiger partial charge in [0, 0.05) is 0 Å². The van der Waals surface area contributed by atoms with E-state index in [1.807, 2.05) is 0 Å². The van der Waals surface area contributed by atoms with Crippen LogP contribution >= 0.6 is 0 Å². The van der Waals surface area contributed by atoms with Crippen LogP contribution in [0, 0.1) is 6.92 Å². The molecule has 0 aromatic carbocycles. The van der Waals surface area contributed by atoms with E-state index in [2.05, 4.69) is 20.5 Å². The number of carbonyl (C=O) groups is 2. The Morgan fingerprint density at radius 2 is 2.26 bits per heavy atom. The number of H-pyrrole nitrogens is 1. The number of anilines is 1. The van der Waals surface area contributed by atoms with E-state index in [0.29, 0.717) is 5.69 Å². The van der Waals surface area contributed by atoms with Crippen molar-refractivity contribution in [2.75, 3.05) is 12.3 Å². The molecule has 0 saturated heterocycles. The summed E-state index contributed by atoms with van der Waals surface area (Å²) < 4.78 is 5.76. The number of rotatable bonds is 3. The summed E-state index contributed by atoms with van der Waals surface area (Å²) in [6.45, 7) is 3.45. The molecular weight excluding hydrogens is 252 g/mol. The van der Waals surface area contributed by atoms with E-state index < -0.39 is 11.9 Å². The maximum Gasteiger partial charge on any atom is 0.343 e. The van der Waals surface area contributed by atoms with Crippen molar-refractivity contribution < 1.29 is 14.3 Å². The number of hydrogen-bond donors (Lipinski definition) is 2. The van der Waals surface area contributed by atoms with Gasteiger partial charge in [-0.1, -0.05) is 0 Å². The highest BCUT2D eigenvalue weighted by atomic mass is 16.5. The first-order chi connectivity index (χ1) is 9.06. The summed E-state index contributed by atoms with van der Waals surface area (Å²) in [5.41, 5.74) is 6.20. The smallest absolute Gasteiger partial charge is 0.343 e. The van der Waals surface area contributed by atoms with Crippen molar-refractivity contribution in [3.63, 3.8) is 0 Å². The van der Waals surface area contributed by atoms with Gasteiger partial charge in [0.05, 0.1) is 18.5 Å². The summed E-state index contributed by atoms with van der Waals surface area (Å²) >= 11 is 0. The molecule has 0 aliphatic heterocycles. The number of nitrogens with zero attached hydrogens (tertiary/aromatic N) is 4. The van der Waals surface area contributed by atoms with Gasteiger partial charge >= 0.3 is 11.9 Å². The maximum atomic E-state index is 12.0. The molecule has 0 amide bonds. The number of nitrogens with one attached hydrogen (secondary N) is 1. The van der Waals surface area contributed by atoms with Crippen LogP contribution in [-0.4, -0.2) is 43.7 Å². The Balaban J connectivity index is 2.42. The number of hydrogen-bond acceptors (Lipinski definition) is 7. The predicted octanol–water partition coefficient (Wildman–Crippen LogP) is -0.243. The van der Waals surface area contributed by atoms with Gasteiger partial charge in [0.2, 0.25) is 0 Å². The largest absolute Gasteiger partial charge is 0.462 e. The van der Waals surface area contributed by atoms with Gasteiger partial charge in [-0.25, -0.2) is 4.79 Å². The highest BCUT2D eigenvalue weighted by Gasteiger charge is 2.25. The van der Waals surface area contributed by atoms with E-state index in [4.69, 9.17) is 10.5 Å². The number of esters is 1. The average molecular weight is 264 g/mol. The molecule has 0 saturated carbocycles. The Labute approximate surface area is 107 Å². The molecule has 9 nitrogen and oxygen atoms in total. The van der Waals surface area contributed by atoms with Crippen LogP contribution in [0.1, 0.15) is 33.5 Å². The lowest BCUT2D eigenvalue weighted by molar-refractivity contribution is 0.0527. The van der Waals surface area contributed by atoms with Gasteiger partial charge in [0.25, 0.3) is 0 Å². The predicted molar refractivity (Wildman–Crippen MR) is 63.4 cm³/mol. The minimum Gasteiger partial charge on any atom is -0.462 e.